The molecule has 0 bridgehead atoms. The summed E-state index contributed by atoms with van der Waals surface area (Å²) in [7, 11) is 0. The zero-order valence-electron chi connectivity index (χ0n) is 13.8. The second kappa shape index (κ2) is 8.49. The largest absolute Gasteiger partial charge is 0.386 e. The van der Waals surface area contributed by atoms with Crippen LogP contribution in [0.4, 0.5) is 5.69 Å². The summed E-state index contributed by atoms with van der Waals surface area (Å²) >= 11 is 0. The van der Waals surface area contributed by atoms with E-state index in [2.05, 4.69) is 29.5 Å². The second-order valence-corrected chi connectivity index (χ2v) is 5.61. The number of para-hydroxylation sites is 1. The molecule has 1 aromatic carbocycles. The first-order valence-electron chi connectivity index (χ1n) is 7.74. The van der Waals surface area contributed by atoms with Crippen molar-refractivity contribution in [3.63, 3.8) is 0 Å². The van der Waals surface area contributed by atoms with Crippen molar-refractivity contribution in [1.82, 2.24) is 10.3 Å². The van der Waals surface area contributed by atoms with Gasteiger partial charge in [0.15, 0.2) is 0 Å². The van der Waals surface area contributed by atoms with Crippen molar-refractivity contribution in [1.29, 1.82) is 5.26 Å². The van der Waals surface area contributed by atoms with Gasteiger partial charge in [-0.05, 0) is 29.2 Å². The average Bonchev–Trinajstić information content (AvgIpc) is 2.60. The predicted octanol–water partition coefficient (Wildman–Crippen LogP) is 3.34. The van der Waals surface area contributed by atoms with Crippen molar-refractivity contribution >= 4 is 11.6 Å². The molecule has 0 aliphatic rings. The van der Waals surface area contributed by atoms with Gasteiger partial charge in [-0.25, -0.2) is 0 Å². The summed E-state index contributed by atoms with van der Waals surface area (Å²) in [4.78, 5) is 16.3. The quantitative estimate of drug-likeness (QED) is 0.632. The van der Waals surface area contributed by atoms with Crippen molar-refractivity contribution in [2.45, 2.75) is 26.3 Å². The lowest BCUT2D eigenvalue weighted by Gasteiger charge is -2.13. The Hall–Kier alpha value is -3.13. The summed E-state index contributed by atoms with van der Waals surface area (Å²) in [5.74, 6) is -0.149. The van der Waals surface area contributed by atoms with Gasteiger partial charge < -0.3 is 10.6 Å². The Kier molecular flexibility index (Phi) is 6.09. The third-order valence-corrected chi connectivity index (χ3v) is 3.47. The van der Waals surface area contributed by atoms with E-state index in [9.17, 15) is 10.1 Å². The van der Waals surface area contributed by atoms with Gasteiger partial charge in [-0.15, -0.1) is 0 Å². The molecule has 2 N–H and O–H groups in total. The van der Waals surface area contributed by atoms with Crippen LogP contribution >= 0.6 is 0 Å². The number of carbonyl (C=O) groups is 1. The standard InChI is InChI=1S/C19H20N4O/c1-14(2)17-7-3-4-8-18(17)23-19(24)16(10-20)13-22-12-15-6-5-9-21-11-15/h3-9,11,13-14,22H,12H2,1-2H3,(H,23,24)/b16-13-. The minimum atomic E-state index is -0.427. The summed E-state index contributed by atoms with van der Waals surface area (Å²) in [6.45, 7) is 4.61. The van der Waals surface area contributed by atoms with Crippen LogP contribution in [0.3, 0.4) is 0 Å². The molecule has 0 fully saturated rings. The van der Waals surface area contributed by atoms with Crippen molar-refractivity contribution in [2.75, 3.05) is 5.32 Å². The van der Waals surface area contributed by atoms with Gasteiger partial charge in [0.1, 0.15) is 11.6 Å². The Bertz CT molecular complexity index is 760. The van der Waals surface area contributed by atoms with E-state index in [1.165, 1.54) is 6.20 Å². The van der Waals surface area contributed by atoms with Crippen LogP contribution in [0, 0.1) is 11.3 Å². The summed E-state index contributed by atoms with van der Waals surface area (Å²) in [5.41, 5.74) is 2.76. The molecule has 0 aliphatic carbocycles. The van der Waals surface area contributed by atoms with Gasteiger partial charge in [0, 0.05) is 30.8 Å². The maximum Gasteiger partial charge on any atom is 0.267 e. The topological polar surface area (TPSA) is 77.8 Å². The van der Waals surface area contributed by atoms with Gasteiger partial charge >= 0.3 is 0 Å². The fourth-order valence-corrected chi connectivity index (χ4v) is 2.23. The van der Waals surface area contributed by atoms with E-state index < -0.39 is 5.91 Å². The van der Waals surface area contributed by atoms with Crippen LogP contribution in [-0.2, 0) is 11.3 Å². The number of pyridine rings is 1. The molecule has 1 heterocycles. The molecule has 24 heavy (non-hydrogen) atoms. The molecule has 1 aromatic heterocycles. The molecule has 2 rings (SSSR count). The number of aromatic nitrogens is 1. The molecule has 1 amide bonds. The van der Waals surface area contributed by atoms with E-state index in [1.807, 2.05) is 42.5 Å². The monoisotopic (exact) mass is 320 g/mol. The average molecular weight is 320 g/mol. The molecule has 0 atom stereocenters. The van der Waals surface area contributed by atoms with E-state index >= 15 is 0 Å². The maximum absolute atomic E-state index is 12.3. The normalized spacial score (nSPS) is 11.0. The van der Waals surface area contributed by atoms with E-state index in [4.69, 9.17) is 0 Å². The van der Waals surface area contributed by atoms with Crippen LogP contribution in [0.1, 0.15) is 30.9 Å². The summed E-state index contributed by atoms with van der Waals surface area (Å²) in [6, 6.07) is 13.3. The Morgan fingerprint density at radius 1 is 1.29 bits per heavy atom. The van der Waals surface area contributed by atoms with Crippen LogP contribution in [-0.4, -0.2) is 10.9 Å². The Labute approximate surface area is 142 Å². The molecule has 0 unspecified atom stereocenters. The number of hydrogen-bond donors (Lipinski definition) is 2. The van der Waals surface area contributed by atoms with Crippen LogP contribution < -0.4 is 10.6 Å². The van der Waals surface area contributed by atoms with Gasteiger partial charge in [-0.2, -0.15) is 5.26 Å². The van der Waals surface area contributed by atoms with Gasteiger partial charge in [-0.1, -0.05) is 38.1 Å². The fourth-order valence-electron chi connectivity index (χ4n) is 2.23. The molecule has 0 aliphatic heterocycles. The first-order chi connectivity index (χ1) is 11.6. The summed E-state index contributed by atoms with van der Waals surface area (Å²) in [6.07, 6.45) is 4.85. The van der Waals surface area contributed by atoms with Crippen molar-refractivity contribution < 1.29 is 4.79 Å². The summed E-state index contributed by atoms with van der Waals surface area (Å²) in [5, 5.41) is 15.0. The van der Waals surface area contributed by atoms with Crippen molar-refractivity contribution in [3.8, 4) is 6.07 Å². The molecule has 5 nitrogen and oxygen atoms in total. The van der Waals surface area contributed by atoms with Crippen LogP contribution in [0.5, 0.6) is 0 Å². The molecular formula is C19H20N4O. The first-order valence-corrected chi connectivity index (χ1v) is 7.74. The third-order valence-electron chi connectivity index (χ3n) is 3.47. The zero-order valence-corrected chi connectivity index (χ0v) is 13.8. The summed E-state index contributed by atoms with van der Waals surface area (Å²) < 4.78 is 0. The molecule has 0 spiro atoms. The number of benzene rings is 1. The zero-order chi connectivity index (χ0) is 17.4. The number of nitrogens with one attached hydrogen (secondary N) is 2. The Balaban J connectivity index is 2.04. The number of rotatable bonds is 6. The third kappa shape index (κ3) is 4.68. The first kappa shape index (κ1) is 17.2. The van der Waals surface area contributed by atoms with E-state index in [1.54, 1.807) is 12.4 Å². The highest BCUT2D eigenvalue weighted by molar-refractivity contribution is 6.06. The number of anilines is 1. The van der Waals surface area contributed by atoms with E-state index in [-0.39, 0.29) is 11.5 Å². The van der Waals surface area contributed by atoms with E-state index in [0.29, 0.717) is 6.54 Å². The molecule has 2 aromatic rings. The highest BCUT2D eigenvalue weighted by Gasteiger charge is 2.12. The van der Waals surface area contributed by atoms with Crippen LogP contribution in [0.25, 0.3) is 0 Å². The minimum Gasteiger partial charge on any atom is -0.386 e. The van der Waals surface area contributed by atoms with Crippen molar-refractivity contribution in [3.05, 3.63) is 71.7 Å². The van der Waals surface area contributed by atoms with Crippen LogP contribution in [0.2, 0.25) is 0 Å². The molecule has 122 valence electrons. The number of nitrogens with zero attached hydrogens (tertiary/aromatic N) is 2. The molecule has 0 radical (unpaired) electrons. The second-order valence-electron chi connectivity index (χ2n) is 5.61. The molecular weight excluding hydrogens is 300 g/mol. The molecule has 0 saturated heterocycles. The number of nitriles is 1. The lowest BCUT2D eigenvalue weighted by Crippen LogP contribution is -2.17. The van der Waals surface area contributed by atoms with Gasteiger partial charge in [-0.3, -0.25) is 9.78 Å². The lowest BCUT2D eigenvalue weighted by molar-refractivity contribution is -0.112. The van der Waals surface area contributed by atoms with Crippen molar-refractivity contribution in [2.24, 2.45) is 0 Å². The fraction of sp³-hybridized carbons (Fsp3) is 0.211. The minimum absolute atomic E-state index is 0.0254. The highest BCUT2D eigenvalue weighted by Crippen LogP contribution is 2.23. The Morgan fingerprint density at radius 3 is 2.75 bits per heavy atom. The number of hydrogen-bond acceptors (Lipinski definition) is 4. The highest BCUT2D eigenvalue weighted by atomic mass is 16.1. The van der Waals surface area contributed by atoms with Gasteiger partial charge in [0.05, 0.1) is 0 Å². The van der Waals surface area contributed by atoms with Crippen LogP contribution in [0.15, 0.2) is 60.6 Å². The number of amides is 1. The smallest absolute Gasteiger partial charge is 0.267 e. The SMILES string of the molecule is CC(C)c1ccccc1NC(=O)/C(C#N)=C\NCc1cccnc1. The number of carbonyl (C=O) groups excluding carboxylic acids is 1. The Morgan fingerprint density at radius 2 is 2.08 bits per heavy atom. The predicted molar refractivity (Wildman–Crippen MR) is 93.9 cm³/mol. The lowest BCUT2D eigenvalue weighted by atomic mass is 10.0. The maximum atomic E-state index is 12.3. The van der Waals surface area contributed by atoms with E-state index in [0.717, 1.165) is 16.8 Å². The molecule has 5 heteroatoms. The van der Waals surface area contributed by atoms with Gasteiger partial charge in [0.2, 0.25) is 0 Å². The van der Waals surface area contributed by atoms with Gasteiger partial charge in [0.25, 0.3) is 5.91 Å². The molecule has 0 saturated carbocycles.